The number of nitrogens with one attached hydrogen (secondary N) is 1. The molecule has 1 N–H and O–H groups in total. The fourth-order valence-electron chi connectivity index (χ4n) is 5.71. The number of rotatable bonds is 6. The first-order valence-corrected chi connectivity index (χ1v) is 12.4. The monoisotopic (exact) mass is 446 g/mol. The Morgan fingerprint density at radius 1 is 0.939 bits per heavy atom. The summed E-state index contributed by atoms with van der Waals surface area (Å²) in [5.41, 5.74) is 1.81. The van der Waals surface area contributed by atoms with E-state index in [1.807, 2.05) is 48.5 Å². The first kappa shape index (κ1) is 22.1. The van der Waals surface area contributed by atoms with Crippen LogP contribution >= 0.6 is 0 Å². The minimum atomic E-state index is -0.293. The second kappa shape index (κ2) is 9.30. The molecule has 5 rings (SSSR count). The quantitative estimate of drug-likeness (QED) is 0.723. The van der Waals surface area contributed by atoms with Crippen LogP contribution in [0.1, 0.15) is 56.1 Å². The minimum absolute atomic E-state index is 0.118. The first-order chi connectivity index (χ1) is 16.1. The average Bonchev–Trinajstić information content (AvgIpc) is 3.66. The number of hydrogen-bond acceptors (Lipinski definition) is 3. The maximum Gasteiger partial charge on any atom is 0.233 e. The molecular formula is C28H34N2O3. The van der Waals surface area contributed by atoms with E-state index in [9.17, 15) is 9.59 Å². The van der Waals surface area contributed by atoms with Gasteiger partial charge < -0.3 is 15.0 Å². The van der Waals surface area contributed by atoms with E-state index >= 15 is 0 Å². The summed E-state index contributed by atoms with van der Waals surface area (Å²) in [4.78, 5) is 28.0. The van der Waals surface area contributed by atoms with Crippen LogP contribution < -0.4 is 5.32 Å². The number of nitrogens with zero attached hydrogens (tertiary/aromatic N) is 1. The van der Waals surface area contributed by atoms with Gasteiger partial charge in [0.25, 0.3) is 0 Å². The minimum Gasteiger partial charge on any atom is -0.375 e. The molecule has 5 nitrogen and oxygen atoms in total. The van der Waals surface area contributed by atoms with Crippen LogP contribution in [0.4, 0.5) is 0 Å². The molecule has 1 spiro atoms. The Labute approximate surface area is 196 Å². The second-order valence-electron chi connectivity index (χ2n) is 10.1. The molecule has 174 valence electrons. The zero-order valence-electron chi connectivity index (χ0n) is 19.3. The van der Waals surface area contributed by atoms with Gasteiger partial charge in [0, 0.05) is 32.7 Å². The van der Waals surface area contributed by atoms with Crippen LogP contribution in [0.25, 0.3) is 0 Å². The van der Waals surface area contributed by atoms with Gasteiger partial charge in [-0.25, -0.2) is 0 Å². The van der Waals surface area contributed by atoms with Gasteiger partial charge in [-0.1, -0.05) is 60.7 Å². The standard InChI is InChI=1S/C28H34N2O3/c31-25(29-21-22-7-3-1-4-8-22)19-23-11-18-33-27(20-23)14-16-30(17-15-27)26(32)28(12-13-28)24-9-5-2-6-10-24/h1-10,23H,11-21H2,(H,29,31). The third-order valence-corrected chi connectivity index (χ3v) is 7.85. The van der Waals surface area contributed by atoms with Gasteiger partial charge in [-0.3, -0.25) is 9.59 Å². The Kier molecular flexibility index (Phi) is 6.24. The molecule has 1 atom stereocenters. The molecule has 2 aliphatic heterocycles. The van der Waals surface area contributed by atoms with Crippen LogP contribution in [0, 0.1) is 5.92 Å². The van der Waals surface area contributed by atoms with Gasteiger partial charge in [-0.05, 0) is 55.6 Å². The normalized spacial score (nSPS) is 23.2. The number of hydrogen-bond donors (Lipinski definition) is 1. The molecule has 2 aromatic carbocycles. The van der Waals surface area contributed by atoms with Crippen molar-refractivity contribution in [3.05, 3.63) is 71.8 Å². The van der Waals surface area contributed by atoms with Gasteiger partial charge in [-0.15, -0.1) is 0 Å². The third kappa shape index (κ3) is 4.84. The summed E-state index contributed by atoms with van der Waals surface area (Å²) in [6.07, 6.45) is 6.04. The molecule has 0 aromatic heterocycles. The van der Waals surface area contributed by atoms with Crippen LogP contribution in [0.15, 0.2) is 60.7 Å². The lowest BCUT2D eigenvalue weighted by molar-refractivity contribution is -0.150. The van der Waals surface area contributed by atoms with Crippen LogP contribution in [-0.4, -0.2) is 42.0 Å². The number of ether oxygens (including phenoxy) is 1. The zero-order chi connectivity index (χ0) is 22.7. The second-order valence-corrected chi connectivity index (χ2v) is 10.1. The SMILES string of the molecule is O=C(CC1CCOC2(CCN(C(=O)C3(c4ccccc4)CC3)CC2)C1)NCc1ccccc1. The summed E-state index contributed by atoms with van der Waals surface area (Å²) < 4.78 is 6.29. The van der Waals surface area contributed by atoms with Crippen LogP contribution in [-0.2, 0) is 26.3 Å². The highest BCUT2D eigenvalue weighted by atomic mass is 16.5. The molecule has 2 aromatic rings. The van der Waals surface area contributed by atoms with Gasteiger partial charge in [-0.2, -0.15) is 0 Å². The van der Waals surface area contributed by atoms with Crippen molar-refractivity contribution in [2.75, 3.05) is 19.7 Å². The molecule has 1 saturated carbocycles. The molecule has 2 saturated heterocycles. The van der Waals surface area contributed by atoms with Gasteiger partial charge in [0.1, 0.15) is 0 Å². The fraction of sp³-hybridized carbons (Fsp3) is 0.500. The van der Waals surface area contributed by atoms with E-state index in [1.165, 1.54) is 0 Å². The summed E-state index contributed by atoms with van der Waals surface area (Å²) in [7, 11) is 0. The Morgan fingerprint density at radius 2 is 1.61 bits per heavy atom. The maximum atomic E-state index is 13.4. The van der Waals surface area contributed by atoms with Gasteiger partial charge >= 0.3 is 0 Å². The lowest BCUT2D eigenvalue weighted by atomic mass is 9.78. The van der Waals surface area contributed by atoms with Crippen LogP contribution in [0.3, 0.4) is 0 Å². The highest BCUT2D eigenvalue weighted by molar-refractivity contribution is 5.91. The molecule has 33 heavy (non-hydrogen) atoms. The van der Waals surface area contributed by atoms with Gasteiger partial charge in [0.15, 0.2) is 0 Å². The van der Waals surface area contributed by atoms with E-state index in [0.717, 1.165) is 62.7 Å². The van der Waals surface area contributed by atoms with Gasteiger partial charge in [0.05, 0.1) is 11.0 Å². The molecule has 1 aliphatic carbocycles. The molecule has 3 fully saturated rings. The first-order valence-electron chi connectivity index (χ1n) is 12.4. The smallest absolute Gasteiger partial charge is 0.233 e. The zero-order valence-corrected chi connectivity index (χ0v) is 19.3. The Balaban J connectivity index is 1.13. The number of carbonyl (C=O) groups is 2. The molecule has 3 aliphatic rings. The van der Waals surface area contributed by atoms with Crippen molar-refractivity contribution in [3.63, 3.8) is 0 Å². The highest BCUT2D eigenvalue weighted by Gasteiger charge is 2.54. The largest absolute Gasteiger partial charge is 0.375 e. The van der Waals surface area contributed by atoms with E-state index in [0.29, 0.717) is 25.5 Å². The molecular weight excluding hydrogens is 412 g/mol. The van der Waals surface area contributed by atoms with Crippen molar-refractivity contribution >= 4 is 11.8 Å². The van der Waals surface area contributed by atoms with E-state index in [2.05, 4.69) is 22.3 Å². The van der Waals surface area contributed by atoms with Crippen molar-refractivity contribution in [2.45, 2.75) is 62.5 Å². The Hall–Kier alpha value is -2.66. The molecule has 0 bridgehead atoms. The Bertz CT molecular complexity index is 963. The number of likely N-dealkylation sites (tertiary alicyclic amines) is 1. The number of benzene rings is 2. The van der Waals surface area contributed by atoms with Crippen molar-refractivity contribution in [1.29, 1.82) is 0 Å². The van der Waals surface area contributed by atoms with Crippen LogP contribution in [0.5, 0.6) is 0 Å². The van der Waals surface area contributed by atoms with E-state index < -0.39 is 0 Å². The molecule has 2 amide bonds. The van der Waals surface area contributed by atoms with E-state index in [4.69, 9.17) is 4.74 Å². The predicted octanol–water partition coefficient (Wildman–Crippen LogP) is 4.21. The van der Waals surface area contributed by atoms with Crippen molar-refractivity contribution < 1.29 is 14.3 Å². The van der Waals surface area contributed by atoms with E-state index in [-0.39, 0.29) is 22.8 Å². The third-order valence-electron chi connectivity index (χ3n) is 7.85. The molecule has 0 radical (unpaired) electrons. The fourth-order valence-corrected chi connectivity index (χ4v) is 5.71. The maximum absolute atomic E-state index is 13.4. The summed E-state index contributed by atoms with van der Waals surface area (Å²) in [5, 5.41) is 3.07. The molecule has 2 heterocycles. The summed E-state index contributed by atoms with van der Waals surface area (Å²) in [5.74, 6) is 0.749. The van der Waals surface area contributed by atoms with Gasteiger partial charge in [0.2, 0.25) is 11.8 Å². The lowest BCUT2D eigenvalue weighted by Crippen LogP contribution is -2.52. The van der Waals surface area contributed by atoms with Crippen molar-refractivity contribution in [2.24, 2.45) is 5.92 Å². The summed E-state index contributed by atoms with van der Waals surface area (Å²) >= 11 is 0. The Morgan fingerprint density at radius 3 is 2.27 bits per heavy atom. The predicted molar refractivity (Wildman–Crippen MR) is 127 cm³/mol. The van der Waals surface area contributed by atoms with Crippen molar-refractivity contribution in [1.82, 2.24) is 10.2 Å². The summed E-state index contributed by atoms with van der Waals surface area (Å²) in [6.45, 7) is 2.79. The topological polar surface area (TPSA) is 58.6 Å². The highest BCUT2D eigenvalue weighted by Crippen LogP contribution is 2.50. The average molecular weight is 447 g/mol. The number of piperidine rings is 1. The van der Waals surface area contributed by atoms with Crippen molar-refractivity contribution in [3.8, 4) is 0 Å². The number of amides is 2. The molecule has 5 heteroatoms. The van der Waals surface area contributed by atoms with E-state index in [1.54, 1.807) is 0 Å². The lowest BCUT2D eigenvalue weighted by Gasteiger charge is -2.46. The summed E-state index contributed by atoms with van der Waals surface area (Å²) in [6, 6.07) is 20.3. The molecule has 1 unspecified atom stereocenters. The number of carbonyl (C=O) groups excluding carboxylic acids is 2. The van der Waals surface area contributed by atoms with Crippen LogP contribution in [0.2, 0.25) is 0 Å².